The molecule has 0 spiro atoms. The predicted molar refractivity (Wildman–Crippen MR) is 84.8 cm³/mol. The second-order valence-corrected chi connectivity index (χ2v) is 6.39. The van der Waals surface area contributed by atoms with Gasteiger partial charge in [0.25, 0.3) is 5.56 Å². The van der Waals surface area contributed by atoms with Crippen molar-refractivity contribution in [3.63, 3.8) is 0 Å². The summed E-state index contributed by atoms with van der Waals surface area (Å²) in [5, 5.41) is 0. The number of rotatable bonds is 3. The van der Waals surface area contributed by atoms with Crippen LogP contribution in [0, 0.1) is 0 Å². The largest absolute Gasteiger partial charge is 0.490 e. The Hall–Kier alpha value is -2.10. The number of aromatic amines is 1. The van der Waals surface area contributed by atoms with Gasteiger partial charge in [-0.1, -0.05) is 32.9 Å². The molecule has 112 valence electrons. The highest BCUT2D eigenvalue weighted by molar-refractivity contribution is 5.66. The lowest BCUT2D eigenvalue weighted by atomic mass is 9.95. The molecule has 2 rings (SSSR count). The van der Waals surface area contributed by atoms with Crippen molar-refractivity contribution < 1.29 is 4.74 Å². The van der Waals surface area contributed by atoms with Crippen molar-refractivity contribution in [1.29, 1.82) is 0 Å². The molecule has 1 aromatic heterocycles. The minimum Gasteiger partial charge on any atom is -0.490 e. The summed E-state index contributed by atoms with van der Waals surface area (Å²) in [4.78, 5) is 19.3. The van der Waals surface area contributed by atoms with E-state index in [1.807, 2.05) is 58.9 Å². The van der Waals surface area contributed by atoms with Crippen LogP contribution >= 0.6 is 0 Å². The molecule has 21 heavy (non-hydrogen) atoms. The molecule has 2 aromatic rings. The number of H-pyrrole nitrogens is 1. The molecule has 0 atom stereocenters. The molecule has 0 bridgehead atoms. The Balaban J connectivity index is 2.57. The highest BCUT2D eigenvalue weighted by atomic mass is 16.5. The molecule has 1 heterocycles. The highest BCUT2D eigenvalue weighted by Gasteiger charge is 2.19. The average molecular weight is 286 g/mol. The third kappa shape index (κ3) is 3.72. The standard InChI is InChI=1S/C17H22N2O2/c1-11(2)21-14-9-7-6-8-12(14)13-10-15(20)19-16(18-13)17(3,4)5/h6-11H,1-5H3,(H,18,19,20). The Labute approximate surface area is 125 Å². The molecule has 0 unspecified atom stereocenters. The second-order valence-electron chi connectivity index (χ2n) is 6.39. The van der Waals surface area contributed by atoms with Crippen LogP contribution in [0.2, 0.25) is 0 Å². The van der Waals surface area contributed by atoms with Crippen molar-refractivity contribution in [1.82, 2.24) is 9.97 Å². The maximum atomic E-state index is 11.9. The molecule has 0 amide bonds. The first-order valence-corrected chi connectivity index (χ1v) is 7.15. The number of para-hydroxylation sites is 1. The fourth-order valence-corrected chi connectivity index (χ4v) is 1.99. The van der Waals surface area contributed by atoms with Crippen molar-refractivity contribution in [3.05, 3.63) is 46.5 Å². The van der Waals surface area contributed by atoms with E-state index in [2.05, 4.69) is 9.97 Å². The van der Waals surface area contributed by atoms with Gasteiger partial charge in [-0.2, -0.15) is 0 Å². The Morgan fingerprint density at radius 2 is 1.86 bits per heavy atom. The molecule has 0 radical (unpaired) electrons. The van der Waals surface area contributed by atoms with Gasteiger partial charge >= 0.3 is 0 Å². The second kappa shape index (κ2) is 5.72. The van der Waals surface area contributed by atoms with Crippen LogP contribution in [0.5, 0.6) is 5.75 Å². The zero-order valence-corrected chi connectivity index (χ0v) is 13.2. The monoisotopic (exact) mass is 286 g/mol. The lowest BCUT2D eigenvalue weighted by molar-refractivity contribution is 0.243. The molecule has 0 saturated carbocycles. The van der Waals surface area contributed by atoms with E-state index in [9.17, 15) is 4.79 Å². The van der Waals surface area contributed by atoms with Crippen LogP contribution in [0.3, 0.4) is 0 Å². The number of hydrogen-bond donors (Lipinski definition) is 1. The Morgan fingerprint density at radius 3 is 2.48 bits per heavy atom. The molecule has 1 N–H and O–H groups in total. The SMILES string of the molecule is CC(C)Oc1ccccc1-c1cc(=O)[nH]c(C(C)(C)C)n1. The van der Waals surface area contributed by atoms with E-state index in [4.69, 9.17) is 4.74 Å². The Kier molecular flexibility index (Phi) is 4.16. The summed E-state index contributed by atoms with van der Waals surface area (Å²) in [6, 6.07) is 9.17. The molecule has 0 aliphatic heterocycles. The molecule has 4 nitrogen and oxygen atoms in total. The van der Waals surface area contributed by atoms with Gasteiger partial charge in [-0.05, 0) is 26.0 Å². The van der Waals surface area contributed by atoms with E-state index in [-0.39, 0.29) is 17.1 Å². The highest BCUT2D eigenvalue weighted by Crippen LogP contribution is 2.29. The molecule has 0 saturated heterocycles. The van der Waals surface area contributed by atoms with Crippen molar-refractivity contribution in [2.24, 2.45) is 0 Å². The van der Waals surface area contributed by atoms with E-state index >= 15 is 0 Å². The zero-order valence-electron chi connectivity index (χ0n) is 13.2. The van der Waals surface area contributed by atoms with Crippen molar-refractivity contribution >= 4 is 0 Å². The normalized spacial score (nSPS) is 11.7. The molecule has 0 aliphatic carbocycles. The van der Waals surface area contributed by atoms with Crippen LogP contribution in [0.4, 0.5) is 0 Å². The van der Waals surface area contributed by atoms with Gasteiger partial charge in [0.1, 0.15) is 11.6 Å². The number of ether oxygens (including phenoxy) is 1. The minimum absolute atomic E-state index is 0.0650. The van der Waals surface area contributed by atoms with Gasteiger partial charge in [0.2, 0.25) is 0 Å². The first kappa shape index (κ1) is 15.3. The van der Waals surface area contributed by atoms with Crippen molar-refractivity contribution in [2.75, 3.05) is 0 Å². The molecular weight excluding hydrogens is 264 g/mol. The fraction of sp³-hybridized carbons (Fsp3) is 0.412. The van der Waals surface area contributed by atoms with E-state index in [1.165, 1.54) is 6.07 Å². The molecular formula is C17H22N2O2. The smallest absolute Gasteiger partial charge is 0.251 e. The first-order valence-electron chi connectivity index (χ1n) is 7.15. The molecule has 0 fully saturated rings. The third-order valence-electron chi connectivity index (χ3n) is 2.98. The Morgan fingerprint density at radius 1 is 1.19 bits per heavy atom. The lowest BCUT2D eigenvalue weighted by Gasteiger charge is -2.19. The number of hydrogen-bond acceptors (Lipinski definition) is 3. The van der Waals surface area contributed by atoms with E-state index in [0.717, 1.165) is 11.3 Å². The zero-order chi connectivity index (χ0) is 15.6. The van der Waals surface area contributed by atoms with Gasteiger partial charge in [0.15, 0.2) is 0 Å². The van der Waals surface area contributed by atoms with Gasteiger partial charge in [-0.3, -0.25) is 4.79 Å². The minimum atomic E-state index is -0.219. The van der Waals surface area contributed by atoms with Crippen LogP contribution in [0.15, 0.2) is 35.1 Å². The van der Waals surface area contributed by atoms with Crippen LogP contribution in [0.25, 0.3) is 11.3 Å². The summed E-state index contributed by atoms with van der Waals surface area (Å²) in [5.74, 6) is 1.41. The summed E-state index contributed by atoms with van der Waals surface area (Å²) < 4.78 is 5.81. The maximum Gasteiger partial charge on any atom is 0.251 e. The molecule has 1 aromatic carbocycles. The van der Waals surface area contributed by atoms with Gasteiger partial charge < -0.3 is 9.72 Å². The molecule has 4 heteroatoms. The fourth-order valence-electron chi connectivity index (χ4n) is 1.99. The third-order valence-corrected chi connectivity index (χ3v) is 2.98. The van der Waals surface area contributed by atoms with Crippen molar-refractivity contribution in [2.45, 2.75) is 46.1 Å². The summed E-state index contributed by atoms with van der Waals surface area (Å²) in [5.41, 5.74) is 1.11. The Bertz CT molecular complexity index is 682. The lowest BCUT2D eigenvalue weighted by Crippen LogP contribution is -2.22. The summed E-state index contributed by atoms with van der Waals surface area (Å²) in [7, 11) is 0. The molecule has 0 aliphatic rings. The summed E-state index contributed by atoms with van der Waals surface area (Å²) in [6.45, 7) is 10.0. The number of aromatic nitrogens is 2. The predicted octanol–water partition coefficient (Wildman–Crippen LogP) is 3.52. The number of nitrogens with one attached hydrogen (secondary N) is 1. The van der Waals surface area contributed by atoms with Gasteiger partial charge in [-0.15, -0.1) is 0 Å². The topological polar surface area (TPSA) is 55.0 Å². The van der Waals surface area contributed by atoms with E-state index in [1.54, 1.807) is 0 Å². The summed E-state index contributed by atoms with van der Waals surface area (Å²) in [6.07, 6.45) is 0.0650. The summed E-state index contributed by atoms with van der Waals surface area (Å²) >= 11 is 0. The quantitative estimate of drug-likeness (QED) is 0.939. The van der Waals surface area contributed by atoms with Gasteiger partial charge in [0, 0.05) is 17.0 Å². The number of benzene rings is 1. The van der Waals surface area contributed by atoms with Crippen molar-refractivity contribution in [3.8, 4) is 17.0 Å². The van der Waals surface area contributed by atoms with E-state index in [0.29, 0.717) is 11.5 Å². The van der Waals surface area contributed by atoms with Crippen LogP contribution < -0.4 is 10.3 Å². The maximum absolute atomic E-state index is 11.9. The van der Waals surface area contributed by atoms with Crippen LogP contribution in [-0.4, -0.2) is 16.1 Å². The van der Waals surface area contributed by atoms with Gasteiger partial charge in [-0.25, -0.2) is 4.98 Å². The van der Waals surface area contributed by atoms with Gasteiger partial charge in [0.05, 0.1) is 11.8 Å². The average Bonchev–Trinajstić information content (AvgIpc) is 2.37. The van der Waals surface area contributed by atoms with Crippen LogP contribution in [0.1, 0.15) is 40.4 Å². The van der Waals surface area contributed by atoms with Crippen LogP contribution in [-0.2, 0) is 5.41 Å². The first-order chi connectivity index (χ1) is 9.77. The van der Waals surface area contributed by atoms with E-state index < -0.39 is 0 Å². The number of nitrogens with zero attached hydrogens (tertiary/aromatic N) is 1.